The second kappa shape index (κ2) is 7.57. The number of pyridine rings is 1. The highest BCUT2D eigenvalue weighted by Crippen LogP contribution is 2.19. The molecule has 0 aliphatic rings. The summed E-state index contributed by atoms with van der Waals surface area (Å²) in [6.07, 6.45) is -0.0652. The van der Waals surface area contributed by atoms with Gasteiger partial charge in [0.05, 0.1) is 5.02 Å². The summed E-state index contributed by atoms with van der Waals surface area (Å²) in [5, 5.41) is 0.238. The number of carbonyl (C=O) groups is 2. The molecule has 120 valence electrons. The number of ketones is 1. The Labute approximate surface area is 144 Å². The number of hydrogen-bond acceptors (Lipinski definition) is 4. The Morgan fingerprint density at radius 3 is 2.39 bits per heavy atom. The third kappa shape index (κ3) is 4.30. The zero-order valence-corrected chi connectivity index (χ0v) is 14.2. The van der Waals surface area contributed by atoms with Gasteiger partial charge in [-0.3, -0.25) is 4.79 Å². The van der Waals surface area contributed by atoms with Crippen LogP contribution in [-0.4, -0.2) is 22.8 Å². The fourth-order valence-electron chi connectivity index (χ4n) is 1.97. The first-order valence-electron chi connectivity index (χ1n) is 7.08. The maximum absolute atomic E-state index is 12.3. The average Bonchev–Trinajstić information content (AvgIpc) is 2.56. The SMILES string of the molecule is CCc1ccc(C(=O)C(C)OC(=O)c2nc(Cl)ccc2Cl)cc1. The van der Waals surface area contributed by atoms with Crippen LogP contribution in [0.3, 0.4) is 0 Å². The van der Waals surface area contributed by atoms with Gasteiger partial charge in [0, 0.05) is 5.56 Å². The maximum Gasteiger partial charge on any atom is 0.359 e. The van der Waals surface area contributed by atoms with Crippen LogP contribution in [0.5, 0.6) is 0 Å². The summed E-state index contributed by atoms with van der Waals surface area (Å²) in [4.78, 5) is 28.2. The van der Waals surface area contributed by atoms with Gasteiger partial charge < -0.3 is 4.74 Å². The molecule has 0 bridgehead atoms. The van der Waals surface area contributed by atoms with Gasteiger partial charge in [0.25, 0.3) is 0 Å². The van der Waals surface area contributed by atoms with Crippen LogP contribution in [0.4, 0.5) is 0 Å². The molecule has 1 aromatic carbocycles. The lowest BCUT2D eigenvalue weighted by Crippen LogP contribution is -2.25. The second-order valence-electron chi connectivity index (χ2n) is 4.93. The third-order valence-corrected chi connectivity index (χ3v) is 3.82. The number of halogens is 2. The fraction of sp³-hybridized carbons (Fsp3) is 0.235. The van der Waals surface area contributed by atoms with Gasteiger partial charge in [-0.2, -0.15) is 0 Å². The fourth-order valence-corrected chi connectivity index (χ4v) is 2.30. The number of aromatic nitrogens is 1. The number of benzene rings is 1. The number of ether oxygens (including phenoxy) is 1. The molecule has 0 saturated carbocycles. The molecule has 0 aliphatic carbocycles. The van der Waals surface area contributed by atoms with Gasteiger partial charge in [-0.1, -0.05) is 54.4 Å². The molecule has 1 heterocycles. The van der Waals surface area contributed by atoms with Crippen LogP contribution >= 0.6 is 23.2 Å². The predicted octanol–water partition coefficient (Wildman–Crippen LogP) is 4.38. The van der Waals surface area contributed by atoms with Crippen LogP contribution in [-0.2, 0) is 11.2 Å². The molecule has 0 aliphatic heterocycles. The first-order chi connectivity index (χ1) is 10.9. The molecule has 1 atom stereocenters. The van der Waals surface area contributed by atoms with E-state index in [1.54, 1.807) is 12.1 Å². The van der Waals surface area contributed by atoms with Crippen molar-refractivity contribution < 1.29 is 14.3 Å². The smallest absolute Gasteiger partial charge is 0.359 e. The summed E-state index contributed by atoms with van der Waals surface area (Å²) in [5.74, 6) is -1.08. The largest absolute Gasteiger partial charge is 0.449 e. The zero-order valence-electron chi connectivity index (χ0n) is 12.7. The van der Waals surface area contributed by atoms with E-state index in [0.29, 0.717) is 5.56 Å². The number of Topliss-reactive ketones (excluding diaryl/α,β-unsaturated/α-hetero) is 1. The highest BCUT2D eigenvalue weighted by atomic mass is 35.5. The number of nitrogens with zero attached hydrogens (tertiary/aromatic N) is 1. The summed E-state index contributed by atoms with van der Waals surface area (Å²) < 4.78 is 5.15. The average molecular weight is 352 g/mol. The Bertz CT molecular complexity index is 729. The van der Waals surface area contributed by atoms with Crippen molar-refractivity contribution in [2.75, 3.05) is 0 Å². The molecule has 0 radical (unpaired) electrons. The summed E-state index contributed by atoms with van der Waals surface area (Å²) in [7, 11) is 0. The summed E-state index contributed by atoms with van der Waals surface area (Å²) in [6.45, 7) is 3.54. The molecule has 0 amide bonds. The van der Waals surface area contributed by atoms with Crippen molar-refractivity contribution in [3.63, 3.8) is 0 Å². The molecular weight excluding hydrogens is 337 g/mol. The van der Waals surface area contributed by atoms with E-state index in [1.165, 1.54) is 19.1 Å². The van der Waals surface area contributed by atoms with E-state index < -0.39 is 12.1 Å². The van der Waals surface area contributed by atoms with E-state index >= 15 is 0 Å². The number of aryl methyl sites for hydroxylation is 1. The lowest BCUT2D eigenvalue weighted by Gasteiger charge is -2.13. The van der Waals surface area contributed by atoms with Crippen molar-refractivity contribution in [3.8, 4) is 0 Å². The maximum atomic E-state index is 12.3. The highest BCUT2D eigenvalue weighted by molar-refractivity contribution is 6.34. The van der Waals surface area contributed by atoms with Gasteiger partial charge in [-0.15, -0.1) is 0 Å². The van der Waals surface area contributed by atoms with E-state index in [2.05, 4.69) is 4.98 Å². The van der Waals surface area contributed by atoms with Crippen LogP contribution in [0.15, 0.2) is 36.4 Å². The minimum Gasteiger partial charge on any atom is -0.449 e. The predicted molar refractivity (Wildman–Crippen MR) is 89.3 cm³/mol. The van der Waals surface area contributed by atoms with Gasteiger partial charge in [-0.25, -0.2) is 9.78 Å². The Kier molecular flexibility index (Phi) is 5.74. The quantitative estimate of drug-likeness (QED) is 0.455. The Hall–Kier alpha value is -1.91. The second-order valence-corrected chi connectivity index (χ2v) is 5.72. The number of rotatable bonds is 5. The van der Waals surface area contributed by atoms with E-state index in [9.17, 15) is 9.59 Å². The highest BCUT2D eigenvalue weighted by Gasteiger charge is 2.23. The van der Waals surface area contributed by atoms with Gasteiger partial charge >= 0.3 is 5.97 Å². The third-order valence-electron chi connectivity index (χ3n) is 3.31. The van der Waals surface area contributed by atoms with E-state index in [1.807, 2.05) is 19.1 Å². The zero-order chi connectivity index (χ0) is 17.0. The molecule has 2 rings (SSSR count). The van der Waals surface area contributed by atoms with Crippen molar-refractivity contribution >= 4 is 35.0 Å². The van der Waals surface area contributed by atoms with Gasteiger partial charge in [0.1, 0.15) is 5.15 Å². The van der Waals surface area contributed by atoms with Gasteiger partial charge in [0.2, 0.25) is 5.78 Å². The van der Waals surface area contributed by atoms with Crippen molar-refractivity contribution in [2.45, 2.75) is 26.4 Å². The number of esters is 1. The topological polar surface area (TPSA) is 56.3 Å². The van der Waals surface area contributed by atoms with Gasteiger partial charge in [0.15, 0.2) is 11.8 Å². The molecule has 0 spiro atoms. The van der Waals surface area contributed by atoms with Crippen LogP contribution in [0.2, 0.25) is 10.2 Å². The minimum atomic E-state index is -0.952. The first kappa shape index (κ1) is 17.4. The van der Waals surface area contributed by atoms with E-state index in [4.69, 9.17) is 27.9 Å². The molecule has 0 fully saturated rings. The van der Waals surface area contributed by atoms with Gasteiger partial charge in [-0.05, 0) is 31.0 Å². The van der Waals surface area contributed by atoms with Crippen molar-refractivity contribution in [3.05, 3.63) is 63.4 Å². The Balaban J connectivity index is 2.10. The summed E-state index contributed by atoms with van der Waals surface area (Å²) in [5.41, 5.74) is 1.49. The van der Waals surface area contributed by atoms with Crippen molar-refractivity contribution in [1.82, 2.24) is 4.98 Å². The molecule has 0 saturated heterocycles. The molecule has 0 N–H and O–H groups in total. The number of hydrogen-bond donors (Lipinski definition) is 0. The molecule has 6 heteroatoms. The lowest BCUT2D eigenvalue weighted by atomic mass is 10.0. The summed E-state index contributed by atoms with van der Waals surface area (Å²) in [6, 6.07) is 10.1. The lowest BCUT2D eigenvalue weighted by molar-refractivity contribution is 0.0313. The monoisotopic (exact) mass is 351 g/mol. The first-order valence-corrected chi connectivity index (χ1v) is 7.84. The van der Waals surface area contributed by atoms with Crippen LogP contribution in [0.25, 0.3) is 0 Å². The standard InChI is InChI=1S/C17H15Cl2NO3/c1-3-11-4-6-12(7-5-11)16(21)10(2)23-17(22)15-13(18)8-9-14(19)20-15/h4-10H,3H2,1-2H3. The summed E-state index contributed by atoms with van der Waals surface area (Å²) >= 11 is 11.6. The number of carbonyl (C=O) groups excluding carboxylic acids is 2. The Morgan fingerprint density at radius 1 is 1.13 bits per heavy atom. The van der Waals surface area contributed by atoms with Crippen LogP contribution in [0, 0.1) is 0 Å². The van der Waals surface area contributed by atoms with Crippen molar-refractivity contribution in [2.24, 2.45) is 0 Å². The molecular formula is C17H15Cl2NO3. The minimum absolute atomic E-state index is 0.111. The molecule has 1 aromatic heterocycles. The Morgan fingerprint density at radius 2 is 1.78 bits per heavy atom. The van der Waals surface area contributed by atoms with E-state index in [0.717, 1.165) is 12.0 Å². The van der Waals surface area contributed by atoms with E-state index in [-0.39, 0.29) is 21.7 Å². The normalized spacial score (nSPS) is 11.8. The van der Waals surface area contributed by atoms with Crippen LogP contribution in [0.1, 0.15) is 40.3 Å². The molecule has 4 nitrogen and oxygen atoms in total. The molecule has 2 aromatic rings. The molecule has 23 heavy (non-hydrogen) atoms. The van der Waals surface area contributed by atoms with Crippen LogP contribution < -0.4 is 0 Å². The molecule has 1 unspecified atom stereocenters. The van der Waals surface area contributed by atoms with Crippen molar-refractivity contribution in [1.29, 1.82) is 0 Å².